The quantitative estimate of drug-likeness (QED) is 0.427. The molecule has 0 saturated carbocycles. The lowest BCUT2D eigenvalue weighted by molar-refractivity contribution is 0.426. The van der Waals surface area contributed by atoms with Crippen LogP contribution in [0.15, 0.2) is 15.0 Å². The first-order valence-corrected chi connectivity index (χ1v) is 3.91. The highest BCUT2D eigenvalue weighted by molar-refractivity contribution is 6.69. The number of halogens is 2. The number of hydrogen-bond donors (Lipinski definition) is 2. The summed E-state index contributed by atoms with van der Waals surface area (Å²) in [6.07, 6.45) is 2.61. The van der Waals surface area contributed by atoms with Crippen molar-refractivity contribution >= 4 is 41.0 Å². The van der Waals surface area contributed by atoms with Crippen LogP contribution in [-0.2, 0) is 0 Å². The number of nitrogens with two attached hydrogens (primary N) is 1. The van der Waals surface area contributed by atoms with E-state index in [1.807, 2.05) is 0 Å². The molecule has 0 spiro atoms. The molecule has 0 saturated heterocycles. The largest absolute Gasteiger partial charge is 0.348 e. The number of fused-ring (bicyclic) bond motifs is 1. The molecule has 0 fully saturated rings. The Kier molecular flexibility index (Phi) is 1.45. The lowest BCUT2D eigenvalue weighted by Crippen LogP contribution is -2.66. The fourth-order valence-electron chi connectivity index (χ4n) is 0.997. The van der Waals surface area contributed by atoms with Gasteiger partial charge in [0.2, 0.25) is 5.66 Å². The summed E-state index contributed by atoms with van der Waals surface area (Å²) in [5.74, 6) is 0. The molecule has 0 aromatic rings. The van der Waals surface area contributed by atoms with E-state index in [0.717, 1.165) is 0 Å². The Labute approximate surface area is 78.4 Å². The summed E-state index contributed by atoms with van der Waals surface area (Å²) in [6, 6.07) is 0. The average Bonchev–Trinajstić information content (AvgIpc) is 2.30. The van der Waals surface area contributed by atoms with Gasteiger partial charge in [0.15, 0.2) is 5.17 Å². The molecule has 2 aliphatic heterocycles. The Morgan fingerprint density at radius 1 is 1.50 bits per heavy atom. The third-order valence-corrected chi connectivity index (χ3v) is 2.64. The van der Waals surface area contributed by atoms with E-state index in [1.165, 1.54) is 12.7 Å². The molecule has 0 aliphatic carbocycles. The predicted molar refractivity (Wildman–Crippen MR) is 48.9 cm³/mol. The van der Waals surface area contributed by atoms with Gasteiger partial charge in [0.25, 0.3) is 5.12 Å². The fraction of sp³-hybridized carbons (Fsp3) is 0.400. The Morgan fingerprint density at radius 2 is 2.25 bits per heavy atom. The van der Waals surface area contributed by atoms with Gasteiger partial charge in [-0.05, 0) is 0 Å². The first-order chi connectivity index (χ1) is 5.58. The van der Waals surface area contributed by atoms with Crippen molar-refractivity contribution in [3.63, 3.8) is 0 Å². The van der Waals surface area contributed by atoms with Gasteiger partial charge in [-0.15, -0.1) is 0 Å². The van der Waals surface area contributed by atoms with Crippen LogP contribution >= 0.6 is 23.2 Å². The third-order valence-electron chi connectivity index (χ3n) is 1.75. The van der Waals surface area contributed by atoms with Crippen molar-refractivity contribution in [3.8, 4) is 0 Å². The molecule has 0 radical (unpaired) electrons. The maximum atomic E-state index is 5.96. The first-order valence-electron chi connectivity index (χ1n) is 3.15. The minimum atomic E-state index is -1.29. The molecule has 3 N–H and O–H groups in total. The van der Waals surface area contributed by atoms with E-state index < -0.39 is 10.8 Å². The minimum Gasteiger partial charge on any atom is -0.348 e. The third kappa shape index (κ3) is 0.757. The number of rotatable bonds is 0. The summed E-state index contributed by atoms with van der Waals surface area (Å²) in [7, 11) is 0. The second-order valence-corrected chi connectivity index (χ2v) is 3.35. The lowest BCUT2D eigenvalue weighted by Gasteiger charge is -2.33. The number of alkyl halides is 1. The first kappa shape index (κ1) is 7.97. The van der Waals surface area contributed by atoms with Crippen LogP contribution in [0.25, 0.3) is 0 Å². The summed E-state index contributed by atoms with van der Waals surface area (Å²) in [4.78, 5) is 11.4. The van der Waals surface area contributed by atoms with Crippen molar-refractivity contribution in [3.05, 3.63) is 0 Å². The van der Waals surface area contributed by atoms with Crippen LogP contribution in [0, 0.1) is 0 Å². The molecule has 5 nitrogen and oxygen atoms in total. The van der Waals surface area contributed by atoms with Gasteiger partial charge in [-0.3, -0.25) is 5.73 Å². The molecule has 0 aromatic carbocycles. The van der Waals surface area contributed by atoms with Crippen molar-refractivity contribution in [2.45, 2.75) is 10.8 Å². The molecule has 0 amide bonds. The molecule has 0 aromatic heterocycles. The molecule has 0 bridgehead atoms. The second kappa shape index (κ2) is 2.18. The number of aliphatic imine (C=N–C) groups is 3. The molecule has 2 rings (SSSR count). The number of nitrogens with one attached hydrogen (secondary N) is 1. The van der Waals surface area contributed by atoms with Gasteiger partial charge in [-0.2, -0.15) is 0 Å². The van der Waals surface area contributed by atoms with E-state index in [0.29, 0.717) is 0 Å². The average molecular weight is 206 g/mol. The monoisotopic (exact) mass is 205 g/mol. The fourth-order valence-corrected chi connectivity index (χ4v) is 1.51. The van der Waals surface area contributed by atoms with Gasteiger partial charge in [-0.25, -0.2) is 15.0 Å². The summed E-state index contributed by atoms with van der Waals surface area (Å²) in [6.45, 7) is 0. The number of nitrogens with zero attached hydrogens (tertiary/aromatic N) is 3. The van der Waals surface area contributed by atoms with Gasteiger partial charge in [0.05, 0.1) is 6.34 Å². The summed E-state index contributed by atoms with van der Waals surface area (Å²) in [5, 5.41) is 1.56. The Bertz CT molecular complexity index is 311. The maximum Gasteiger partial charge on any atom is 0.272 e. The highest BCUT2D eigenvalue weighted by atomic mass is 35.5. The second-order valence-electron chi connectivity index (χ2n) is 2.46. The van der Waals surface area contributed by atoms with E-state index >= 15 is 0 Å². The standard InChI is InChI=1S/C5H5Cl2N5/c6-3-4(8)5(7,11-1-9-3)12-2-10-4/h1-2H,8H2,(H,10,12). The molecule has 7 heteroatoms. The van der Waals surface area contributed by atoms with Crippen LogP contribution in [0.2, 0.25) is 0 Å². The van der Waals surface area contributed by atoms with E-state index in [4.69, 9.17) is 28.9 Å². The lowest BCUT2D eigenvalue weighted by atomic mass is 10.1. The van der Waals surface area contributed by atoms with Crippen molar-refractivity contribution in [1.82, 2.24) is 5.32 Å². The molecular formula is C5H5Cl2N5. The van der Waals surface area contributed by atoms with Crippen molar-refractivity contribution < 1.29 is 0 Å². The highest BCUT2D eigenvalue weighted by Crippen LogP contribution is 2.35. The van der Waals surface area contributed by atoms with Crippen LogP contribution in [0.1, 0.15) is 0 Å². The van der Waals surface area contributed by atoms with Crippen LogP contribution in [0.3, 0.4) is 0 Å². The van der Waals surface area contributed by atoms with Crippen LogP contribution < -0.4 is 11.1 Å². The normalized spacial score (nSPS) is 43.8. The maximum absolute atomic E-state index is 5.96. The van der Waals surface area contributed by atoms with Crippen LogP contribution in [0.4, 0.5) is 0 Å². The van der Waals surface area contributed by atoms with Crippen molar-refractivity contribution in [2.75, 3.05) is 0 Å². The smallest absolute Gasteiger partial charge is 0.272 e. The Hall–Kier alpha value is -0.650. The zero-order valence-corrected chi connectivity index (χ0v) is 7.34. The van der Waals surface area contributed by atoms with Gasteiger partial charge in [0.1, 0.15) is 6.34 Å². The zero-order chi connectivity index (χ0) is 8.82. The van der Waals surface area contributed by atoms with Gasteiger partial charge in [0, 0.05) is 0 Å². The van der Waals surface area contributed by atoms with E-state index in [2.05, 4.69) is 20.3 Å². The Balaban J connectivity index is 2.53. The zero-order valence-electron chi connectivity index (χ0n) is 5.83. The Morgan fingerprint density at radius 3 is 2.92 bits per heavy atom. The molecule has 2 heterocycles. The summed E-state index contributed by atoms with van der Waals surface area (Å²) in [5.41, 5.74) is 4.59. The highest BCUT2D eigenvalue weighted by Gasteiger charge is 2.55. The molecule has 64 valence electrons. The molecule has 2 unspecified atom stereocenters. The molecule has 2 atom stereocenters. The SMILES string of the molecule is NC12NC=NC1(Cl)N=CN=C2Cl. The minimum absolute atomic E-state index is 0.144. The van der Waals surface area contributed by atoms with E-state index in [1.54, 1.807) is 0 Å². The van der Waals surface area contributed by atoms with Crippen LogP contribution in [0.5, 0.6) is 0 Å². The van der Waals surface area contributed by atoms with E-state index in [-0.39, 0.29) is 5.17 Å². The van der Waals surface area contributed by atoms with Gasteiger partial charge in [-0.1, -0.05) is 23.2 Å². The predicted octanol–water partition coefficient (Wildman–Crippen LogP) is -0.155. The molecule has 2 aliphatic rings. The van der Waals surface area contributed by atoms with E-state index in [9.17, 15) is 0 Å². The van der Waals surface area contributed by atoms with Crippen molar-refractivity contribution in [1.29, 1.82) is 0 Å². The van der Waals surface area contributed by atoms with Gasteiger partial charge >= 0.3 is 0 Å². The topological polar surface area (TPSA) is 75.1 Å². The van der Waals surface area contributed by atoms with Crippen molar-refractivity contribution in [2.24, 2.45) is 20.7 Å². The summed E-state index contributed by atoms with van der Waals surface area (Å²) >= 11 is 11.7. The number of hydrogen-bond acceptors (Lipinski definition) is 5. The van der Waals surface area contributed by atoms with Crippen LogP contribution in [-0.4, -0.2) is 28.6 Å². The van der Waals surface area contributed by atoms with Gasteiger partial charge < -0.3 is 5.32 Å². The molecular weight excluding hydrogens is 201 g/mol. The molecule has 12 heavy (non-hydrogen) atoms. The summed E-state index contributed by atoms with van der Waals surface area (Å²) < 4.78 is 0.